The standard InChI is InChI=1S/C28H34O/c1-20(2)18-27(23-10-8-7-9-11-23)29-25-17-12-21(3)26(19-25)22-13-15-24(16-14-22)28(4,5)6/h7-17,19-20,27H,18H2,1-6H3. The molecule has 0 aliphatic heterocycles. The predicted octanol–water partition coefficient (Wildman–Crippen LogP) is 8.13. The van der Waals surface area contributed by atoms with Crippen molar-refractivity contribution < 1.29 is 4.74 Å². The number of hydrogen-bond acceptors (Lipinski definition) is 1. The Morgan fingerprint density at radius 2 is 1.48 bits per heavy atom. The van der Waals surface area contributed by atoms with Crippen LogP contribution in [0.3, 0.4) is 0 Å². The molecule has 29 heavy (non-hydrogen) atoms. The lowest BCUT2D eigenvalue weighted by atomic mass is 9.86. The average Bonchev–Trinajstić information content (AvgIpc) is 2.69. The minimum Gasteiger partial charge on any atom is -0.486 e. The molecule has 1 nitrogen and oxygen atoms in total. The first-order valence-corrected chi connectivity index (χ1v) is 10.7. The van der Waals surface area contributed by atoms with Gasteiger partial charge in [0.2, 0.25) is 0 Å². The summed E-state index contributed by atoms with van der Waals surface area (Å²) in [6.07, 6.45) is 1.06. The highest BCUT2D eigenvalue weighted by Gasteiger charge is 2.17. The van der Waals surface area contributed by atoms with Crippen LogP contribution in [0.4, 0.5) is 0 Å². The van der Waals surface area contributed by atoms with Crippen LogP contribution in [0.5, 0.6) is 5.75 Å². The largest absolute Gasteiger partial charge is 0.486 e. The van der Waals surface area contributed by atoms with E-state index in [2.05, 4.69) is 114 Å². The molecule has 152 valence electrons. The Balaban J connectivity index is 1.89. The molecule has 3 rings (SSSR count). The lowest BCUT2D eigenvalue weighted by Crippen LogP contribution is -2.11. The average molecular weight is 387 g/mol. The van der Waals surface area contributed by atoms with Crippen LogP contribution >= 0.6 is 0 Å². The van der Waals surface area contributed by atoms with Gasteiger partial charge in [0.25, 0.3) is 0 Å². The third-order valence-corrected chi connectivity index (χ3v) is 5.41. The smallest absolute Gasteiger partial charge is 0.124 e. The van der Waals surface area contributed by atoms with Crippen molar-refractivity contribution in [2.45, 2.75) is 59.5 Å². The summed E-state index contributed by atoms with van der Waals surface area (Å²) in [4.78, 5) is 0. The van der Waals surface area contributed by atoms with Gasteiger partial charge in [-0.15, -0.1) is 0 Å². The molecule has 0 spiro atoms. The van der Waals surface area contributed by atoms with E-state index in [0.29, 0.717) is 5.92 Å². The summed E-state index contributed by atoms with van der Waals surface area (Å²) >= 11 is 0. The van der Waals surface area contributed by atoms with Gasteiger partial charge in [0.15, 0.2) is 0 Å². The van der Waals surface area contributed by atoms with Crippen molar-refractivity contribution >= 4 is 0 Å². The minimum atomic E-state index is 0.0648. The third-order valence-electron chi connectivity index (χ3n) is 5.41. The summed E-state index contributed by atoms with van der Waals surface area (Å²) in [5.41, 5.74) is 6.49. The van der Waals surface area contributed by atoms with Gasteiger partial charge in [0, 0.05) is 0 Å². The third kappa shape index (κ3) is 5.50. The van der Waals surface area contributed by atoms with Gasteiger partial charge in [-0.25, -0.2) is 0 Å². The molecule has 0 saturated carbocycles. The molecule has 0 fully saturated rings. The molecule has 3 aromatic carbocycles. The Morgan fingerprint density at radius 3 is 2.07 bits per heavy atom. The van der Waals surface area contributed by atoms with Crippen LogP contribution in [0, 0.1) is 12.8 Å². The van der Waals surface area contributed by atoms with Crippen LogP contribution in [0.2, 0.25) is 0 Å². The molecule has 1 atom stereocenters. The zero-order chi connectivity index (χ0) is 21.0. The van der Waals surface area contributed by atoms with Gasteiger partial charge in [0.1, 0.15) is 11.9 Å². The van der Waals surface area contributed by atoms with Crippen molar-refractivity contribution in [2.24, 2.45) is 5.92 Å². The first-order chi connectivity index (χ1) is 13.7. The van der Waals surface area contributed by atoms with E-state index in [0.717, 1.165) is 12.2 Å². The number of ether oxygens (including phenoxy) is 1. The second-order valence-electron chi connectivity index (χ2n) is 9.45. The first kappa shape index (κ1) is 21.2. The summed E-state index contributed by atoms with van der Waals surface area (Å²) in [7, 11) is 0. The van der Waals surface area contributed by atoms with Crippen molar-refractivity contribution in [3.8, 4) is 16.9 Å². The fraction of sp³-hybridized carbons (Fsp3) is 0.357. The van der Waals surface area contributed by atoms with E-state index >= 15 is 0 Å². The number of rotatable bonds is 6. The molecule has 0 saturated heterocycles. The van der Waals surface area contributed by atoms with Crippen molar-refractivity contribution in [1.29, 1.82) is 0 Å². The molecular weight excluding hydrogens is 352 g/mol. The number of benzene rings is 3. The first-order valence-electron chi connectivity index (χ1n) is 10.7. The summed E-state index contributed by atoms with van der Waals surface area (Å²) in [6.45, 7) is 13.4. The highest BCUT2D eigenvalue weighted by molar-refractivity contribution is 5.69. The Morgan fingerprint density at radius 1 is 0.828 bits per heavy atom. The summed E-state index contributed by atoms with van der Waals surface area (Å²) < 4.78 is 6.51. The van der Waals surface area contributed by atoms with Crippen molar-refractivity contribution in [3.05, 3.63) is 89.5 Å². The van der Waals surface area contributed by atoms with Gasteiger partial charge in [-0.05, 0) is 64.6 Å². The van der Waals surface area contributed by atoms with E-state index < -0.39 is 0 Å². The predicted molar refractivity (Wildman–Crippen MR) is 125 cm³/mol. The molecule has 0 aliphatic rings. The van der Waals surface area contributed by atoms with E-state index in [-0.39, 0.29) is 11.5 Å². The molecule has 0 heterocycles. The van der Waals surface area contributed by atoms with E-state index in [4.69, 9.17) is 4.74 Å². The monoisotopic (exact) mass is 386 g/mol. The van der Waals surface area contributed by atoms with Gasteiger partial charge in [0.05, 0.1) is 0 Å². The lowest BCUT2D eigenvalue weighted by molar-refractivity contribution is 0.177. The molecule has 0 N–H and O–H groups in total. The van der Waals surface area contributed by atoms with Gasteiger partial charge in [-0.3, -0.25) is 0 Å². The lowest BCUT2D eigenvalue weighted by Gasteiger charge is -2.22. The Labute approximate surface area is 176 Å². The Hall–Kier alpha value is -2.54. The zero-order valence-corrected chi connectivity index (χ0v) is 18.7. The normalized spacial score (nSPS) is 12.8. The van der Waals surface area contributed by atoms with Crippen LogP contribution in [0.15, 0.2) is 72.8 Å². The second kappa shape index (κ2) is 8.86. The quantitative estimate of drug-likeness (QED) is 0.415. The van der Waals surface area contributed by atoms with Crippen molar-refractivity contribution in [1.82, 2.24) is 0 Å². The fourth-order valence-electron chi connectivity index (χ4n) is 3.65. The van der Waals surface area contributed by atoms with E-state index in [9.17, 15) is 0 Å². The Kier molecular flexibility index (Phi) is 6.47. The van der Waals surface area contributed by atoms with Gasteiger partial charge in [-0.1, -0.05) is 95.3 Å². The maximum atomic E-state index is 6.51. The Bertz CT molecular complexity index is 915. The van der Waals surface area contributed by atoms with E-state index in [1.54, 1.807) is 0 Å². The van der Waals surface area contributed by atoms with Crippen molar-refractivity contribution in [3.63, 3.8) is 0 Å². The van der Waals surface area contributed by atoms with E-state index in [1.165, 1.54) is 27.8 Å². The SMILES string of the molecule is Cc1ccc(OC(CC(C)C)c2ccccc2)cc1-c1ccc(C(C)(C)C)cc1. The van der Waals surface area contributed by atoms with Crippen LogP contribution in [0.1, 0.15) is 63.8 Å². The molecule has 1 unspecified atom stereocenters. The molecule has 0 bridgehead atoms. The van der Waals surface area contributed by atoms with Gasteiger partial charge < -0.3 is 4.74 Å². The molecule has 0 radical (unpaired) electrons. The topological polar surface area (TPSA) is 9.23 Å². The fourth-order valence-corrected chi connectivity index (χ4v) is 3.65. The van der Waals surface area contributed by atoms with E-state index in [1.807, 2.05) is 0 Å². The van der Waals surface area contributed by atoms with Gasteiger partial charge >= 0.3 is 0 Å². The molecule has 0 amide bonds. The maximum absolute atomic E-state index is 6.51. The van der Waals surface area contributed by atoms with Crippen LogP contribution in [-0.2, 0) is 5.41 Å². The summed E-state index contributed by atoms with van der Waals surface area (Å²) in [5, 5.41) is 0. The minimum absolute atomic E-state index is 0.0648. The second-order valence-corrected chi connectivity index (χ2v) is 9.45. The van der Waals surface area contributed by atoms with Crippen LogP contribution in [-0.4, -0.2) is 0 Å². The molecule has 3 aromatic rings. The van der Waals surface area contributed by atoms with Crippen LogP contribution in [0.25, 0.3) is 11.1 Å². The highest BCUT2D eigenvalue weighted by atomic mass is 16.5. The van der Waals surface area contributed by atoms with Gasteiger partial charge in [-0.2, -0.15) is 0 Å². The zero-order valence-electron chi connectivity index (χ0n) is 18.7. The maximum Gasteiger partial charge on any atom is 0.124 e. The molecular formula is C28H34O. The molecule has 0 aromatic heterocycles. The summed E-state index contributed by atoms with van der Waals surface area (Å²) in [6, 6.07) is 26.0. The molecule has 0 aliphatic carbocycles. The number of hydrogen-bond donors (Lipinski definition) is 0. The van der Waals surface area contributed by atoms with Crippen LogP contribution < -0.4 is 4.74 Å². The summed E-state index contributed by atoms with van der Waals surface area (Å²) in [5.74, 6) is 1.50. The number of aryl methyl sites for hydroxylation is 1. The highest BCUT2D eigenvalue weighted by Crippen LogP contribution is 2.33. The molecule has 1 heteroatoms. The van der Waals surface area contributed by atoms with Crippen molar-refractivity contribution in [2.75, 3.05) is 0 Å².